The van der Waals surface area contributed by atoms with E-state index in [4.69, 9.17) is 5.11 Å². The van der Waals surface area contributed by atoms with Crippen LogP contribution in [0.3, 0.4) is 0 Å². The van der Waals surface area contributed by atoms with Gasteiger partial charge in [-0.3, -0.25) is 4.79 Å². The molecular formula is C17H16N2O3. The van der Waals surface area contributed by atoms with Crippen molar-refractivity contribution in [3.05, 3.63) is 69.8 Å². The molecule has 0 aliphatic rings. The standard InChI is InChI=1S/C17H16N2O3/c1-10(11-6-4-3-5-7-11)13-9-19(2)16(20)15-12(13)8-14(18-15)17(21)22/h3-10,18H,1-2H3,(H,21,22). The quantitative estimate of drug-likeness (QED) is 0.780. The summed E-state index contributed by atoms with van der Waals surface area (Å²) in [4.78, 5) is 26.1. The summed E-state index contributed by atoms with van der Waals surface area (Å²) >= 11 is 0. The summed E-state index contributed by atoms with van der Waals surface area (Å²) in [6.07, 6.45) is 1.78. The number of aromatic amines is 1. The second-order valence-electron chi connectivity index (χ2n) is 5.41. The van der Waals surface area contributed by atoms with Gasteiger partial charge in [0.15, 0.2) is 0 Å². The molecule has 1 atom stereocenters. The summed E-state index contributed by atoms with van der Waals surface area (Å²) in [5, 5.41) is 9.82. The fourth-order valence-electron chi connectivity index (χ4n) is 2.75. The number of nitrogens with zero attached hydrogens (tertiary/aromatic N) is 1. The van der Waals surface area contributed by atoms with Gasteiger partial charge in [-0.1, -0.05) is 37.3 Å². The molecule has 0 amide bonds. The highest BCUT2D eigenvalue weighted by Crippen LogP contribution is 2.29. The van der Waals surface area contributed by atoms with E-state index in [1.807, 2.05) is 37.3 Å². The van der Waals surface area contributed by atoms with Crippen molar-refractivity contribution in [3.8, 4) is 0 Å². The monoisotopic (exact) mass is 296 g/mol. The molecule has 2 N–H and O–H groups in total. The van der Waals surface area contributed by atoms with Gasteiger partial charge in [-0.15, -0.1) is 0 Å². The Kier molecular flexibility index (Phi) is 3.33. The molecule has 2 heterocycles. The first-order valence-corrected chi connectivity index (χ1v) is 6.99. The van der Waals surface area contributed by atoms with Crippen molar-refractivity contribution < 1.29 is 9.90 Å². The van der Waals surface area contributed by atoms with Gasteiger partial charge in [0, 0.05) is 24.5 Å². The summed E-state index contributed by atoms with van der Waals surface area (Å²) < 4.78 is 1.49. The minimum absolute atomic E-state index is 0.0276. The molecule has 0 fully saturated rings. The minimum Gasteiger partial charge on any atom is -0.477 e. The number of fused-ring (bicyclic) bond motifs is 1. The predicted octanol–water partition coefficient (Wildman–Crippen LogP) is 2.72. The first-order chi connectivity index (χ1) is 10.5. The van der Waals surface area contributed by atoms with Crippen molar-refractivity contribution in [3.63, 3.8) is 0 Å². The van der Waals surface area contributed by atoms with E-state index >= 15 is 0 Å². The molecule has 0 radical (unpaired) electrons. The predicted molar refractivity (Wildman–Crippen MR) is 84.5 cm³/mol. The van der Waals surface area contributed by atoms with E-state index in [0.717, 1.165) is 11.1 Å². The van der Waals surface area contributed by atoms with Gasteiger partial charge in [-0.05, 0) is 17.2 Å². The molecule has 0 saturated carbocycles. The Morgan fingerprint density at radius 2 is 1.95 bits per heavy atom. The van der Waals surface area contributed by atoms with E-state index in [1.165, 1.54) is 10.6 Å². The lowest BCUT2D eigenvalue weighted by Gasteiger charge is -2.14. The largest absolute Gasteiger partial charge is 0.477 e. The zero-order chi connectivity index (χ0) is 15.9. The van der Waals surface area contributed by atoms with Crippen LogP contribution in [0.4, 0.5) is 0 Å². The SMILES string of the molecule is CC(c1ccccc1)c1cn(C)c(=O)c2[nH]c(C(=O)O)cc12. The van der Waals surface area contributed by atoms with Crippen LogP contribution in [0, 0.1) is 0 Å². The molecule has 2 aromatic heterocycles. The van der Waals surface area contributed by atoms with Gasteiger partial charge in [0.1, 0.15) is 11.2 Å². The van der Waals surface area contributed by atoms with Crippen molar-refractivity contribution in [2.45, 2.75) is 12.8 Å². The summed E-state index contributed by atoms with van der Waals surface area (Å²) in [5.74, 6) is -1.02. The molecular weight excluding hydrogens is 280 g/mol. The van der Waals surface area contributed by atoms with Gasteiger partial charge in [-0.25, -0.2) is 4.79 Å². The smallest absolute Gasteiger partial charge is 0.352 e. The number of hydrogen-bond acceptors (Lipinski definition) is 2. The molecule has 112 valence electrons. The average Bonchev–Trinajstić information content (AvgIpc) is 2.97. The maximum Gasteiger partial charge on any atom is 0.352 e. The van der Waals surface area contributed by atoms with Gasteiger partial charge >= 0.3 is 5.97 Å². The molecule has 0 saturated heterocycles. The number of carbonyl (C=O) groups is 1. The number of aryl methyl sites for hydroxylation is 1. The van der Waals surface area contributed by atoms with Crippen LogP contribution in [0.1, 0.15) is 34.5 Å². The second-order valence-corrected chi connectivity index (χ2v) is 5.41. The fraction of sp³-hybridized carbons (Fsp3) is 0.176. The number of pyridine rings is 1. The van der Waals surface area contributed by atoms with Crippen LogP contribution in [0.25, 0.3) is 10.9 Å². The number of rotatable bonds is 3. The molecule has 0 aliphatic carbocycles. The summed E-state index contributed by atoms with van der Waals surface area (Å²) in [7, 11) is 1.67. The van der Waals surface area contributed by atoms with Crippen LogP contribution in [0.2, 0.25) is 0 Å². The third kappa shape index (κ3) is 2.20. The van der Waals surface area contributed by atoms with Crippen LogP contribution in [-0.2, 0) is 7.05 Å². The van der Waals surface area contributed by atoms with E-state index in [2.05, 4.69) is 4.98 Å². The number of aromatic nitrogens is 2. The van der Waals surface area contributed by atoms with Crippen molar-refractivity contribution in [1.29, 1.82) is 0 Å². The topological polar surface area (TPSA) is 75.1 Å². The Hall–Kier alpha value is -2.82. The zero-order valence-electron chi connectivity index (χ0n) is 12.3. The average molecular weight is 296 g/mol. The molecule has 1 aromatic carbocycles. The molecule has 0 spiro atoms. The van der Waals surface area contributed by atoms with Gasteiger partial charge in [-0.2, -0.15) is 0 Å². The van der Waals surface area contributed by atoms with Crippen molar-refractivity contribution >= 4 is 16.9 Å². The molecule has 22 heavy (non-hydrogen) atoms. The Bertz CT molecular complexity index is 907. The van der Waals surface area contributed by atoms with E-state index in [0.29, 0.717) is 10.9 Å². The lowest BCUT2D eigenvalue weighted by molar-refractivity contribution is 0.0691. The van der Waals surface area contributed by atoms with Gasteiger partial charge < -0.3 is 14.7 Å². The summed E-state index contributed by atoms with van der Waals surface area (Å²) in [6, 6.07) is 11.5. The third-order valence-electron chi connectivity index (χ3n) is 3.99. The van der Waals surface area contributed by atoms with Crippen LogP contribution >= 0.6 is 0 Å². The van der Waals surface area contributed by atoms with Gasteiger partial charge in [0.05, 0.1) is 0 Å². The third-order valence-corrected chi connectivity index (χ3v) is 3.99. The van der Waals surface area contributed by atoms with Crippen molar-refractivity contribution in [1.82, 2.24) is 9.55 Å². The Morgan fingerprint density at radius 1 is 1.27 bits per heavy atom. The summed E-state index contributed by atoms with van der Waals surface area (Å²) in [5.41, 5.74) is 2.17. The Balaban J connectivity index is 2.27. The fourth-order valence-corrected chi connectivity index (χ4v) is 2.75. The number of nitrogens with one attached hydrogen (secondary N) is 1. The summed E-state index contributed by atoms with van der Waals surface area (Å²) in [6.45, 7) is 2.04. The Morgan fingerprint density at radius 3 is 2.59 bits per heavy atom. The van der Waals surface area contributed by atoms with Crippen LogP contribution < -0.4 is 5.56 Å². The lowest BCUT2D eigenvalue weighted by atomic mass is 9.92. The lowest BCUT2D eigenvalue weighted by Crippen LogP contribution is -2.18. The first kappa shape index (κ1) is 14.1. The Labute approximate surface area is 126 Å². The number of benzene rings is 1. The maximum atomic E-state index is 12.2. The van der Waals surface area contributed by atoms with E-state index in [1.54, 1.807) is 13.2 Å². The highest BCUT2D eigenvalue weighted by molar-refractivity contribution is 5.95. The molecule has 0 bridgehead atoms. The first-order valence-electron chi connectivity index (χ1n) is 6.99. The number of aromatic carboxylic acids is 1. The van der Waals surface area contributed by atoms with E-state index in [9.17, 15) is 9.59 Å². The molecule has 3 aromatic rings. The van der Waals surface area contributed by atoms with Gasteiger partial charge in [0.2, 0.25) is 0 Å². The number of H-pyrrole nitrogens is 1. The number of hydrogen-bond donors (Lipinski definition) is 2. The molecule has 5 nitrogen and oxygen atoms in total. The molecule has 3 rings (SSSR count). The van der Waals surface area contributed by atoms with Crippen molar-refractivity contribution in [2.24, 2.45) is 7.05 Å². The van der Waals surface area contributed by atoms with E-state index in [-0.39, 0.29) is 17.2 Å². The normalized spacial score (nSPS) is 12.5. The zero-order valence-corrected chi connectivity index (χ0v) is 12.3. The number of carboxylic acids is 1. The molecule has 0 aliphatic heterocycles. The van der Waals surface area contributed by atoms with E-state index < -0.39 is 5.97 Å². The number of carboxylic acid groups (broad SMARTS) is 1. The second kappa shape index (κ2) is 5.18. The molecule has 5 heteroatoms. The highest BCUT2D eigenvalue weighted by atomic mass is 16.4. The van der Waals surface area contributed by atoms with Gasteiger partial charge in [0.25, 0.3) is 5.56 Å². The van der Waals surface area contributed by atoms with Crippen LogP contribution in [0.5, 0.6) is 0 Å². The van der Waals surface area contributed by atoms with Crippen molar-refractivity contribution in [2.75, 3.05) is 0 Å². The maximum absolute atomic E-state index is 12.2. The molecule has 1 unspecified atom stereocenters. The van der Waals surface area contributed by atoms with Crippen LogP contribution in [-0.4, -0.2) is 20.6 Å². The highest BCUT2D eigenvalue weighted by Gasteiger charge is 2.18. The van der Waals surface area contributed by atoms with Crippen LogP contribution in [0.15, 0.2) is 47.4 Å². The minimum atomic E-state index is -1.07.